The van der Waals surface area contributed by atoms with Crippen LogP contribution in [0.15, 0.2) is 36.4 Å². The van der Waals surface area contributed by atoms with Gasteiger partial charge in [0.2, 0.25) is 5.78 Å². The minimum atomic E-state index is -1.16. The van der Waals surface area contributed by atoms with Gasteiger partial charge >= 0.3 is 5.97 Å². The minimum Gasteiger partial charge on any atom is -0.452 e. The quantitative estimate of drug-likeness (QED) is 0.265. The molecule has 0 radical (unpaired) electrons. The van der Waals surface area contributed by atoms with E-state index in [1.54, 1.807) is 6.07 Å². The summed E-state index contributed by atoms with van der Waals surface area (Å²) in [7, 11) is 1.45. The summed E-state index contributed by atoms with van der Waals surface area (Å²) in [5.41, 5.74) is -1.84. The Balaban J connectivity index is 1.94. The second kappa shape index (κ2) is 8.62. The monoisotopic (exact) mass is 412 g/mol. The highest BCUT2D eigenvalue weighted by Crippen LogP contribution is 2.35. The average Bonchev–Trinajstić information content (AvgIpc) is 2.74. The Morgan fingerprint density at radius 3 is 2.33 bits per heavy atom. The summed E-state index contributed by atoms with van der Waals surface area (Å²) in [6.45, 7) is -0.220. The molecule has 2 aromatic rings. The predicted octanol–water partition coefficient (Wildman–Crippen LogP) is 1.29. The third-order valence-electron chi connectivity index (χ3n) is 4.43. The number of nitro groups is 1. The van der Waals surface area contributed by atoms with Crippen molar-refractivity contribution in [2.45, 2.75) is 0 Å². The lowest BCUT2D eigenvalue weighted by Crippen LogP contribution is -2.31. The smallest absolute Gasteiger partial charge is 0.345 e. The van der Waals surface area contributed by atoms with Crippen LogP contribution in [0.2, 0.25) is 0 Å². The molecule has 0 saturated heterocycles. The molecule has 1 aliphatic rings. The number of ether oxygens (including phenoxy) is 2. The summed E-state index contributed by atoms with van der Waals surface area (Å²) < 4.78 is 9.61. The molecule has 30 heavy (non-hydrogen) atoms. The van der Waals surface area contributed by atoms with Gasteiger partial charge in [-0.05, 0) is 12.1 Å². The van der Waals surface area contributed by atoms with E-state index in [2.05, 4.69) is 5.32 Å². The van der Waals surface area contributed by atoms with Gasteiger partial charge < -0.3 is 14.8 Å². The van der Waals surface area contributed by atoms with Crippen LogP contribution in [0.5, 0.6) is 0 Å². The van der Waals surface area contributed by atoms with Crippen molar-refractivity contribution >= 4 is 29.1 Å². The number of esters is 1. The molecule has 1 amide bonds. The lowest BCUT2D eigenvalue weighted by atomic mass is 9.82. The number of fused-ring (bicyclic) bond motifs is 2. The van der Waals surface area contributed by atoms with Crippen LogP contribution >= 0.6 is 0 Å². The van der Waals surface area contributed by atoms with Crippen LogP contribution in [0.1, 0.15) is 42.2 Å². The van der Waals surface area contributed by atoms with Gasteiger partial charge in [0, 0.05) is 30.3 Å². The zero-order chi connectivity index (χ0) is 21.8. The second-order valence-electron chi connectivity index (χ2n) is 6.26. The number of methoxy groups -OCH3 is 1. The summed E-state index contributed by atoms with van der Waals surface area (Å²) in [6.07, 6.45) is 0. The minimum absolute atomic E-state index is 0.0149. The summed E-state index contributed by atoms with van der Waals surface area (Å²) >= 11 is 0. The zero-order valence-corrected chi connectivity index (χ0v) is 15.8. The molecule has 0 spiro atoms. The highest BCUT2D eigenvalue weighted by Gasteiger charge is 2.39. The number of benzene rings is 2. The molecule has 0 aliphatic heterocycles. The van der Waals surface area contributed by atoms with Crippen molar-refractivity contribution in [3.8, 4) is 0 Å². The van der Waals surface area contributed by atoms with E-state index < -0.39 is 51.8 Å². The molecule has 10 nitrogen and oxygen atoms in total. The molecule has 154 valence electrons. The Labute approximate surface area is 169 Å². The van der Waals surface area contributed by atoms with Crippen molar-refractivity contribution < 1.29 is 33.6 Å². The number of hydrogen-bond donors (Lipinski definition) is 1. The van der Waals surface area contributed by atoms with Crippen LogP contribution in [-0.2, 0) is 14.3 Å². The molecule has 10 heteroatoms. The molecule has 0 heterocycles. The number of hydrogen-bond acceptors (Lipinski definition) is 8. The van der Waals surface area contributed by atoms with Crippen molar-refractivity contribution in [2.24, 2.45) is 0 Å². The first-order valence-electron chi connectivity index (χ1n) is 8.79. The molecule has 1 N–H and O–H groups in total. The molecule has 0 fully saturated rings. The first-order chi connectivity index (χ1) is 14.4. The number of ketones is 2. The first-order valence-corrected chi connectivity index (χ1v) is 8.79. The maximum atomic E-state index is 12.9. The topological polar surface area (TPSA) is 142 Å². The van der Waals surface area contributed by atoms with E-state index in [1.165, 1.54) is 31.4 Å². The van der Waals surface area contributed by atoms with Gasteiger partial charge in [-0.15, -0.1) is 0 Å². The molecular formula is C20H16N2O8. The van der Waals surface area contributed by atoms with Crippen LogP contribution in [0.25, 0.3) is 0 Å². The Morgan fingerprint density at radius 1 is 1.03 bits per heavy atom. The van der Waals surface area contributed by atoms with E-state index in [1.807, 2.05) is 0 Å². The van der Waals surface area contributed by atoms with Crippen LogP contribution in [0, 0.1) is 10.1 Å². The third kappa shape index (κ3) is 3.80. The second-order valence-corrected chi connectivity index (χ2v) is 6.26. The van der Waals surface area contributed by atoms with Crippen LogP contribution < -0.4 is 5.32 Å². The molecule has 2 aromatic carbocycles. The standard InChI is InChI=1S/C20H16N2O8/c1-29-9-8-21-15(23)10-30-20(26)14-7-6-13-16(17(14)22(27)28)19(25)12-5-3-2-4-11(12)18(13)24/h2-7H,8-10H2,1H3,(H,21,23). The summed E-state index contributed by atoms with van der Waals surface area (Å²) in [5, 5.41) is 14.1. The zero-order valence-electron chi connectivity index (χ0n) is 15.8. The van der Waals surface area contributed by atoms with E-state index in [9.17, 15) is 29.3 Å². The van der Waals surface area contributed by atoms with Gasteiger partial charge in [-0.1, -0.05) is 24.3 Å². The normalized spacial score (nSPS) is 12.0. The van der Waals surface area contributed by atoms with Crippen molar-refractivity contribution in [3.63, 3.8) is 0 Å². The summed E-state index contributed by atoms with van der Waals surface area (Å²) in [4.78, 5) is 60.4. The Morgan fingerprint density at radius 2 is 1.70 bits per heavy atom. The van der Waals surface area contributed by atoms with Crippen molar-refractivity contribution in [3.05, 3.63) is 74.3 Å². The molecule has 0 unspecified atom stereocenters. The van der Waals surface area contributed by atoms with E-state index in [4.69, 9.17) is 9.47 Å². The highest BCUT2D eigenvalue weighted by molar-refractivity contribution is 6.30. The molecule has 1 aliphatic carbocycles. The van der Waals surface area contributed by atoms with E-state index in [0.717, 1.165) is 6.07 Å². The van der Waals surface area contributed by atoms with Crippen LogP contribution in [-0.4, -0.2) is 55.2 Å². The lowest BCUT2D eigenvalue weighted by molar-refractivity contribution is -0.385. The van der Waals surface area contributed by atoms with E-state index in [0.29, 0.717) is 0 Å². The van der Waals surface area contributed by atoms with E-state index >= 15 is 0 Å². The fraction of sp³-hybridized carbons (Fsp3) is 0.200. The fourth-order valence-electron chi connectivity index (χ4n) is 3.08. The van der Waals surface area contributed by atoms with Gasteiger partial charge in [0.1, 0.15) is 11.1 Å². The van der Waals surface area contributed by atoms with Crippen LogP contribution in [0.4, 0.5) is 5.69 Å². The Bertz CT molecular complexity index is 1080. The number of amides is 1. The van der Waals surface area contributed by atoms with Gasteiger partial charge in [0.25, 0.3) is 11.6 Å². The van der Waals surface area contributed by atoms with Gasteiger partial charge in [0.15, 0.2) is 12.4 Å². The van der Waals surface area contributed by atoms with Gasteiger partial charge in [-0.3, -0.25) is 24.5 Å². The first kappa shape index (κ1) is 20.8. The number of nitrogens with zero attached hydrogens (tertiary/aromatic N) is 1. The van der Waals surface area contributed by atoms with Gasteiger partial charge in [0.05, 0.1) is 11.5 Å². The molecule has 0 aromatic heterocycles. The molecule has 0 saturated carbocycles. The van der Waals surface area contributed by atoms with E-state index in [-0.39, 0.29) is 29.8 Å². The average molecular weight is 412 g/mol. The molecule has 0 atom stereocenters. The number of nitro benzene ring substituents is 1. The Kier molecular flexibility index (Phi) is 5.98. The Hall–Kier alpha value is -3.92. The van der Waals surface area contributed by atoms with Gasteiger partial charge in [-0.25, -0.2) is 4.79 Å². The SMILES string of the molecule is COCCNC(=O)COC(=O)c1ccc2c(c1[N+](=O)[O-])C(=O)c1ccccc1C2=O. The number of carbonyl (C=O) groups excluding carboxylic acids is 4. The van der Waals surface area contributed by atoms with Crippen LogP contribution in [0.3, 0.4) is 0 Å². The maximum absolute atomic E-state index is 12.9. The van der Waals surface area contributed by atoms with Gasteiger partial charge in [-0.2, -0.15) is 0 Å². The lowest BCUT2D eigenvalue weighted by Gasteiger charge is -2.18. The predicted molar refractivity (Wildman–Crippen MR) is 102 cm³/mol. The molecule has 0 bridgehead atoms. The summed E-state index contributed by atoms with van der Waals surface area (Å²) in [6, 6.07) is 8.16. The number of rotatable bonds is 7. The third-order valence-corrected chi connectivity index (χ3v) is 4.43. The molecule has 3 rings (SSSR count). The maximum Gasteiger partial charge on any atom is 0.345 e. The van der Waals surface area contributed by atoms with Crippen molar-refractivity contribution in [2.75, 3.05) is 26.9 Å². The van der Waals surface area contributed by atoms with Crippen molar-refractivity contribution in [1.82, 2.24) is 5.32 Å². The number of carbonyl (C=O) groups is 4. The van der Waals surface area contributed by atoms with Crippen molar-refractivity contribution in [1.29, 1.82) is 0 Å². The fourth-order valence-corrected chi connectivity index (χ4v) is 3.08. The number of nitrogens with one attached hydrogen (secondary N) is 1. The highest BCUT2D eigenvalue weighted by atomic mass is 16.6. The molecular weight excluding hydrogens is 396 g/mol. The summed E-state index contributed by atoms with van der Waals surface area (Å²) in [5.74, 6) is -3.08. The largest absolute Gasteiger partial charge is 0.452 e.